The molecule has 0 amide bonds. The molecule has 1 aromatic carbocycles. The van der Waals surface area contributed by atoms with Crippen molar-refractivity contribution in [2.24, 2.45) is 0 Å². The van der Waals surface area contributed by atoms with E-state index in [0.717, 1.165) is 17.5 Å². The number of hydrogen-bond donors (Lipinski definition) is 0. The summed E-state index contributed by atoms with van der Waals surface area (Å²) in [6.45, 7) is 3.59. The van der Waals surface area contributed by atoms with Crippen LogP contribution in [0.3, 0.4) is 0 Å². The molecule has 0 saturated carbocycles. The van der Waals surface area contributed by atoms with E-state index in [4.69, 9.17) is 0 Å². The molecule has 0 aliphatic carbocycles. The van der Waals surface area contributed by atoms with Crippen LogP contribution in [0.1, 0.15) is 25.0 Å². The predicted octanol–water partition coefficient (Wildman–Crippen LogP) is 1.40. The van der Waals surface area contributed by atoms with Crippen molar-refractivity contribution in [3.8, 4) is 0 Å². The van der Waals surface area contributed by atoms with Crippen LogP contribution in [0, 0.1) is 0 Å². The van der Waals surface area contributed by atoms with Crippen molar-refractivity contribution >= 4 is 12.0 Å². The molecule has 14 heavy (non-hydrogen) atoms. The van der Waals surface area contributed by atoms with Crippen LogP contribution in [0.4, 0.5) is 0 Å². The first-order valence-corrected chi connectivity index (χ1v) is 4.62. The summed E-state index contributed by atoms with van der Waals surface area (Å²) in [6.07, 6.45) is 2.54. The first-order chi connectivity index (χ1) is 6.65. The molecule has 2 heteroatoms. The number of aliphatic carboxylic acids is 1. The Morgan fingerprint density at radius 3 is 2.64 bits per heavy atom. The van der Waals surface area contributed by atoms with Gasteiger partial charge < -0.3 is 9.90 Å². The fourth-order valence-electron chi connectivity index (χ4n) is 1.29. The molecule has 0 unspecified atom stereocenters. The molecule has 0 spiro atoms. The predicted molar refractivity (Wildman–Crippen MR) is 54.5 cm³/mol. The van der Waals surface area contributed by atoms with Gasteiger partial charge in [-0.25, -0.2) is 0 Å². The number of rotatable bonds is 3. The van der Waals surface area contributed by atoms with Gasteiger partial charge in [0.2, 0.25) is 0 Å². The molecule has 0 heterocycles. The summed E-state index contributed by atoms with van der Waals surface area (Å²) in [5.74, 6) is -1.11. The van der Waals surface area contributed by atoms with Crippen LogP contribution in [0.5, 0.6) is 0 Å². The van der Waals surface area contributed by atoms with E-state index in [2.05, 4.69) is 0 Å². The van der Waals surface area contributed by atoms with E-state index in [1.54, 1.807) is 13.0 Å². The largest absolute Gasteiger partial charge is 0.545 e. The van der Waals surface area contributed by atoms with Crippen molar-refractivity contribution in [3.63, 3.8) is 0 Å². The fraction of sp³-hybridized carbons (Fsp3) is 0.250. The molecule has 0 radical (unpaired) electrons. The zero-order valence-electron chi connectivity index (χ0n) is 8.41. The van der Waals surface area contributed by atoms with Gasteiger partial charge in [0.15, 0.2) is 0 Å². The van der Waals surface area contributed by atoms with Crippen molar-refractivity contribution in [2.75, 3.05) is 0 Å². The highest BCUT2D eigenvalue weighted by Crippen LogP contribution is 2.13. The van der Waals surface area contributed by atoms with Gasteiger partial charge in [-0.1, -0.05) is 31.2 Å². The Morgan fingerprint density at radius 1 is 1.43 bits per heavy atom. The molecule has 0 saturated heterocycles. The van der Waals surface area contributed by atoms with E-state index >= 15 is 0 Å². The van der Waals surface area contributed by atoms with Crippen molar-refractivity contribution in [2.45, 2.75) is 20.3 Å². The number of hydrogen-bond acceptors (Lipinski definition) is 2. The van der Waals surface area contributed by atoms with Gasteiger partial charge in [-0.2, -0.15) is 0 Å². The average Bonchev–Trinajstić information content (AvgIpc) is 2.18. The van der Waals surface area contributed by atoms with Crippen molar-refractivity contribution in [1.82, 2.24) is 0 Å². The second-order valence-electron chi connectivity index (χ2n) is 3.17. The zero-order valence-corrected chi connectivity index (χ0v) is 8.41. The maximum atomic E-state index is 10.5. The van der Waals surface area contributed by atoms with Gasteiger partial charge in [-0.3, -0.25) is 0 Å². The Balaban J connectivity index is 3.07. The molecule has 74 valence electrons. The number of benzene rings is 1. The second kappa shape index (κ2) is 4.61. The Hall–Kier alpha value is -1.57. The first-order valence-electron chi connectivity index (χ1n) is 4.62. The summed E-state index contributed by atoms with van der Waals surface area (Å²) in [5.41, 5.74) is 2.36. The molecular weight excluding hydrogens is 176 g/mol. The topological polar surface area (TPSA) is 40.1 Å². The van der Waals surface area contributed by atoms with Crippen LogP contribution in [0.15, 0.2) is 29.8 Å². The molecule has 0 atom stereocenters. The Kier molecular flexibility index (Phi) is 3.46. The van der Waals surface area contributed by atoms with E-state index in [1.165, 1.54) is 0 Å². The lowest BCUT2D eigenvalue weighted by Crippen LogP contribution is -2.22. The molecule has 2 nitrogen and oxygen atoms in total. The maximum absolute atomic E-state index is 10.5. The fourth-order valence-corrected chi connectivity index (χ4v) is 1.29. The summed E-state index contributed by atoms with van der Waals surface area (Å²) < 4.78 is 0. The van der Waals surface area contributed by atoms with Crippen LogP contribution in [0.2, 0.25) is 0 Å². The summed E-state index contributed by atoms with van der Waals surface area (Å²) in [5, 5.41) is 10.5. The van der Waals surface area contributed by atoms with Crippen molar-refractivity contribution in [3.05, 3.63) is 41.0 Å². The lowest BCUT2D eigenvalue weighted by molar-refractivity contribution is -0.299. The molecule has 1 aromatic rings. The summed E-state index contributed by atoms with van der Waals surface area (Å²) >= 11 is 0. The van der Waals surface area contributed by atoms with Gasteiger partial charge in [0.25, 0.3) is 0 Å². The summed E-state index contributed by atoms with van der Waals surface area (Å²) in [4.78, 5) is 10.5. The van der Waals surface area contributed by atoms with E-state index in [1.807, 2.05) is 31.2 Å². The van der Waals surface area contributed by atoms with Gasteiger partial charge in [0.1, 0.15) is 0 Å². The minimum absolute atomic E-state index is 0.255. The Labute approximate surface area is 83.9 Å². The first kappa shape index (κ1) is 10.5. The number of carbonyl (C=O) groups is 1. The van der Waals surface area contributed by atoms with Crippen LogP contribution in [-0.4, -0.2) is 5.97 Å². The van der Waals surface area contributed by atoms with Crippen LogP contribution >= 0.6 is 0 Å². The minimum atomic E-state index is -1.11. The van der Waals surface area contributed by atoms with E-state index in [0.29, 0.717) is 0 Å². The monoisotopic (exact) mass is 189 g/mol. The molecule has 0 N–H and O–H groups in total. The summed E-state index contributed by atoms with van der Waals surface area (Å²) in [7, 11) is 0. The molecule has 0 fully saturated rings. The SMILES string of the molecule is CCc1ccccc1/C=C(\C)C(=O)[O-]. The van der Waals surface area contributed by atoms with Crippen LogP contribution in [-0.2, 0) is 11.2 Å². The van der Waals surface area contributed by atoms with E-state index in [9.17, 15) is 9.90 Å². The standard InChI is InChI=1S/C12H14O2/c1-3-10-6-4-5-7-11(10)8-9(2)12(13)14/h4-8H,3H2,1-2H3,(H,13,14)/p-1/b9-8+. The van der Waals surface area contributed by atoms with Gasteiger partial charge in [0.05, 0.1) is 5.97 Å². The highest BCUT2D eigenvalue weighted by Gasteiger charge is 1.97. The highest BCUT2D eigenvalue weighted by molar-refractivity contribution is 5.90. The van der Waals surface area contributed by atoms with Gasteiger partial charge in [-0.05, 0) is 36.1 Å². The van der Waals surface area contributed by atoms with Crippen LogP contribution in [0.25, 0.3) is 6.08 Å². The third kappa shape index (κ3) is 2.46. The normalized spacial score (nSPS) is 11.4. The average molecular weight is 189 g/mol. The second-order valence-corrected chi connectivity index (χ2v) is 3.17. The maximum Gasteiger partial charge on any atom is 0.0672 e. The number of carbonyl (C=O) groups excluding carboxylic acids is 1. The molecule has 0 aromatic heterocycles. The molecule has 1 rings (SSSR count). The quantitative estimate of drug-likeness (QED) is 0.674. The number of carboxylic acids is 1. The molecule has 0 bridgehead atoms. The van der Waals surface area contributed by atoms with E-state index in [-0.39, 0.29) is 5.57 Å². The third-order valence-electron chi connectivity index (χ3n) is 2.13. The molecule has 0 aliphatic rings. The third-order valence-corrected chi connectivity index (χ3v) is 2.13. The molecular formula is C12H13O2-. The lowest BCUT2D eigenvalue weighted by atomic mass is 10.0. The Morgan fingerprint density at radius 2 is 2.07 bits per heavy atom. The summed E-state index contributed by atoms with van der Waals surface area (Å²) in [6, 6.07) is 7.75. The number of aryl methyl sites for hydroxylation is 1. The molecule has 0 aliphatic heterocycles. The number of carboxylic acid groups (broad SMARTS) is 1. The minimum Gasteiger partial charge on any atom is -0.545 e. The van der Waals surface area contributed by atoms with Gasteiger partial charge >= 0.3 is 0 Å². The van der Waals surface area contributed by atoms with Gasteiger partial charge in [-0.15, -0.1) is 0 Å². The van der Waals surface area contributed by atoms with Crippen molar-refractivity contribution < 1.29 is 9.90 Å². The Bertz CT molecular complexity index is 364. The smallest absolute Gasteiger partial charge is 0.0672 e. The highest BCUT2D eigenvalue weighted by atomic mass is 16.4. The van der Waals surface area contributed by atoms with Crippen molar-refractivity contribution in [1.29, 1.82) is 0 Å². The lowest BCUT2D eigenvalue weighted by Gasteiger charge is -2.05. The van der Waals surface area contributed by atoms with Crippen LogP contribution < -0.4 is 5.11 Å². The van der Waals surface area contributed by atoms with Gasteiger partial charge in [0, 0.05) is 0 Å². The zero-order chi connectivity index (χ0) is 10.6. The van der Waals surface area contributed by atoms with E-state index < -0.39 is 5.97 Å².